The van der Waals surface area contributed by atoms with Crippen molar-refractivity contribution in [2.75, 3.05) is 47.8 Å². The molecule has 0 saturated heterocycles. The third kappa shape index (κ3) is 7.77. The standard InChI is InChI=1S/C12H29N3/c1-6-8-12(11-13-2)15(5)10-7-9-14(3)4/h12-13H,6-11H2,1-5H3. The van der Waals surface area contributed by atoms with Gasteiger partial charge < -0.3 is 15.1 Å². The fourth-order valence-electron chi connectivity index (χ4n) is 1.87. The zero-order valence-electron chi connectivity index (χ0n) is 11.2. The second kappa shape index (κ2) is 9.13. The van der Waals surface area contributed by atoms with Gasteiger partial charge in [-0.2, -0.15) is 0 Å². The van der Waals surface area contributed by atoms with Crippen LogP contribution in [0, 0.1) is 0 Å². The lowest BCUT2D eigenvalue weighted by molar-refractivity contribution is 0.214. The van der Waals surface area contributed by atoms with E-state index < -0.39 is 0 Å². The van der Waals surface area contributed by atoms with E-state index in [-0.39, 0.29) is 0 Å². The highest BCUT2D eigenvalue weighted by molar-refractivity contribution is 4.70. The summed E-state index contributed by atoms with van der Waals surface area (Å²) in [6, 6.07) is 0.696. The Balaban J connectivity index is 3.74. The molecule has 92 valence electrons. The summed E-state index contributed by atoms with van der Waals surface area (Å²) in [5.41, 5.74) is 0. The van der Waals surface area contributed by atoms with Gasteiger partial charge in [0, 0.05) is 12.6 Å². The van der Waals surface area contributed by atoms with E-state index in [1.165, 1.54) is 32.4 Å². The summed E-state index contributed by atoms with van der Waals surface area (Å²) >= 11 is 0. The molecule has 0 amide bonds. The molecule has 0 aliphatic carbocycles. The molecule has 0 fully saturated rings. The van der Waals surface area contributed by atoms with E-state index >= 15 is 0 Å². The summed E-state index contributed by atoms with van der Waals surface area (Å²) in [6.45, 7) is 5.75. The summed E-state index contributed by atoms with van der Waals surface area (Å²) in [5, 5.41) is 3.28. The van der Waals surface area contributed by atoms with Crippen LogP contribution in [0.15, 0.2) is 0 Å². The summed E-state index contributed by atoms with van der Waals surface area (Å²) in [7, 11) is 8.55. The molecule has 0 bridgehead atoms. The molecular formula is C12H29N3. The Kier molecular flexibility index (Phi) is 9.06. The molecule has 3 heteroatoms. The van der Waals surface area contributed by atoms with Gasteiger partial charge in [-0.1, -0.05) is 13.3 Å². The molecule has 0 aliphatic heterocycles. The average molecular weight is 215 g/mol. The van der Waals surface area contributed by atoms with Crippen LogP contribution in [-0.4, -0.2) is 63.7 Å². The first-order valence-electron chi connectivity index (χ1n) is 6.11. The van der Waals surface area contributed by atoms with Crippen LogP contribution in [-0.2, 0) is 0 Å². The lowest BCUT2D eigenvalue weighted by Crippen LogP contribution is -2.40. The van der Waals surface area contributed by atoms with Crippen LogP contribution in [0.2, 0.25) is 0 Å². The monoisotopic (exact) mass is 215 g/mol. The molecule has 0 aromatic rings. The van der Waals surface area contributed by atoms with Gasteiger partial charge in [0.2, 0.25) is 0 Å². The van der Waals surface area contributed by atoms with Gasteiger partial charge in [-0.15, -0.1) is 0 Å². The highest BCUT2D eigenvalue weighted by atomic mass is 15.1. The first-order chi connectivity index (χ1) is 7.11. The molecule has 0 heterocycles. The van der Waals surface area contributed by atoms with E-state index in [1.54, 1.807) is 0 Å². The van der Waals surface area contributed by atoms with Gasteiger partial charge in [-0.05, 0) is 54.1 Å². The topological polar surface area (TPSA) is 18.5 Å². The summed E-state index contributed by atoms with van der Waals surface area (Å²) in [4.78, 5) is 4.74. The van der Waals surface area contributed by atoms with Crippen molar-refractivity contribution in [2.24, 2.45) is 0 Å². The molecule has 3 nitrogen and oxygen atoms in total. The van der Waals surface area contributed by atoms with Crippen LogP contribution in [0.4, 0.5) is 0 Å². The van der Waals surface area contributed by atoms with Crippen LogP contribution in [0.25, 0.3) is 0 Å². The van der Waals surface area contributed by atoms with Crippen molar-refractivity contribution in [3.8, 4) is 0 Å². The molecule has 0 spiro atoms. The van der Waals surface area contributed by atoms with Crippen molar-refractivity contribution in [1.29, 1.82) is 0 Å². The zero-order chi connectivity index (χ0) is 11.7. The van der Waals surface area contributed by atoms with Crippen molar-refractivity contribution in [3.63, 3.8) is 0 Å². The fourth-order valence-corrected chi connectivity index (χ4v) is 1.87. The number of likely N-dealkylation sites (N-methyl/N-ethyl adjacent to an activating group) is 2. The van der Waals surface area contributed by atoms with E-state index in [4.69, 9.17) is 0 Å². The maximum atomic E-state index is 3.28. The molecular weight excluding hydrogens is 186 g/mol. The van der Waals surface area contributed by atoms with Crippen molar-refractivity contribution in [2.45, 2.75) is 32.2 Å². The lowest BCUT2D eigenvalue weighted by atomic mass is 10.1. The summed E-state index contributed by atoms with van der Waals surface area (Å²) < 4.78 is 0. The van der Waals surface area contributed by atoms with Crippen LogP contribution in [0.1, 0.15) is 26.2 Å². The molecule has 0 aromatic carbocycles. The number of rotatable bonds is 9. The first-order valence-corrected chi connectivity index (χ1v) is 6.11. The highest BCUT2D eigenvalue weighted by Gasteiger charge is 2.12. The van der Waals surface area contributed by atoms with Gasteiger partial charge in [0.25, 0.3) is 0 Å². The molecule has 0 aromatic heterocycles. The van der Waals surface area contributed by atoms with Crippen molar-refractivity contribution in [3.05, 3.63) is 0 Å². The summed E-state index contributed by atoms with van der Waals surface area (Å²) in [5.74, 6) is 0. The maximum Gasteiger partial charge on any atom is 0.0217 e. The van der Waals surface area contributed by atoms with Gasteiger partial charge in [0.15, 0.2) is 0 Å². The maximum absolute atomic E-state index is 3.28. The molecule has 1 N–H and O–H groups in total. The minimum atomic E-state index is 0.696. The largest absolute Gasteiger partial charge is 0.318 e. The smallest absolute Gasteiger partial charge is 0.0217 e. The highest BCUT2D eigenvalue weighted by Crippen LogP contribution is 2.04. The minimum absolute atomic E-state index is 0.696. The number of nitrogens with zero attached hydrogens (tertiary/aromatic N) is 2. The summed E-state index contributed by atoms with van der Waals surface area (Å²) in [6.07, 6.45) is 3.82. The van der Waals surface area contributed by atoms with E-state index in [9.17, 15) is 0 Å². The van der Waals surface area contributed by atoms with Gasteiger partial charge >= 0.3 is 0 Å². The molecule has 0 radical (unpaired) electrons. The van der Waals surface area contributed by atoms with E-state index in [1.807, 2.05) is 7.05 Å². The molecule has 15 heavy (non-hydrogen) atoms. The predicted octanol–water partition coefficient (Wildman–Crippen LogP) is 1.26. The third-order valence-corrected chi connectivity index (χ3v) is 2.80. The SMILES string of the molecule is CCCC(CNC)N(C)CCCN(C)C. The van der Waals surface area contributed by atoms with E-state index in [2.05, 4.69) is 43.2 Å². The van der Waals surface area contributed by atoms with Crippen LogP contribution >= 0.6 is 0 Å². The van der Waals surface area contributed by atoms with Crippen LogP contribution in [0.3, 0.4) is 0 Å². The van der Waals surface area contributed by atoms with Crippen molar-refractivity contribution < 1.29 is 0 Å². The number of hydrogen-bond acceptors (Lipinski definition) is 3. The molecule has 0 saturated carbocycles. The minimum Gasteiger partial charge on any atom is -0.318 e. The Morgan fingerprint density at radius 2 is 1.80 bits per heavy atom. The van der Waals surface area contributed by atoms with Gasteiger partial charge in [0.05, 0.1) is 0 Å². The Labute approximate surface area is 95.8 Å². The second-order valence-corrected chi connectivity index (χ2v) is 4.64. The van der Waals surface area contributed by atoms with Gasteiger partial charge in [0.1, 0.15) is 0 Å². The molecule has 0 rings (SSSR count). The predicted molar refractivity (Wildman–Crippen MR) is 68.4 cm³/mol. The molecule has 1 unspecified atom stereocenters. The fraction of sp³-hybridized carbons (Fsp3) is 1.00. The Bertz CT molecular complexity index is 131. The zero-order valence-corrected chi connectivity index (χ0v) is 11.2. The Hall–Kier alpha value is -0.120. The normalized spacial score (nSPS) is 13.8. The Morgan fingerprint density at radius 3 is 2.27 bits per heavy atom. The number of nitrogens with one attached hydrogen (secondary N) is 1. The van der Waals surface area contributed by atoms with Crippen molar-refractivity contribution >= 4 is 0 Å². The van der Waals surface area contributed by atoms with Gasteiger partial charge in [-0.25, -0.2) is 0 Å². The Morgan fingerprint density at radius 1 is 1.13 bits per heavy atom. The molecule has 1 atom stereocenters. The third-order valence-electron chi connectivity index (χ3n) is 2.80. The van der Waals surface area contributed by atoms with E-state index in [0.29, 0.717) is 6.04 Å². The number of hydrogen-bond donors (Lipinski definition) is 1. The quantitative estimate of drug-likeness (QED) is 0.625. The lowest BCUT2D eigenvalue weighted by Gasteiger charge is -2.28. The van der Waals surface area contributed by atoms with Crippen LogP contribution < -0.4 is 5.32 Å². The van der Waals surface area contributed by atoms with Crippen LogP contribution in [0.5, 0.6) is 0 Å². The second-order valence-electron chi connectivity index (χ2n) is 4.64. The average Bonchev–Trinajstić information content (AvgIpc) is 2.16. The van der Waals surface area contributed by atoms with Gasteiger partial charge in [-0.3, -0.25) is 0 Å². The van der Waals surface area contributed by atoms with E-state index in [0.717, 1.165) is 6.54 Å². The van der Waals surface area contributed by atoms with Crippen molar-refractivity contribution in [1.82, 2.24) is 15.1 Å². The molecule has 0 aliphatic rings. The first kappa shape index (κ1) is 14.9.